The number of nitrogens with zero attached hydrogens (tertiary/aromatic N) is 1. The Bertz CT molecular complexity index is 693. The SMILES string of the molecule is N#C/C(=C1\C(=O)Nc2ccccc21)c1ccsc1. The number of carbonyl (C=O) groups is 1. The second-order valence-corrected chi connectivity index (χ2v) is 4.65. The third-order valence-electron chi connectivity index (χ3n) is 2.84. The summed E-state index contributed by atoms with van der Waals surface area (Å²) in [5, 5.41) is 15.9. The lowest BCUT2D eigenvalue weighted by molar-refractivity contribution is -0.110. The Morgan fingerprint density at radius 1 is 1.28 bits per heavy atom. The minimum Gasteiger partial charge on any atom is -0.321 e. The van der Waals surface area contributed by atoms with Crippen LogP contribution in [0.2, 0.25) is 0 Å². The van der Waals surface area contributed by atoms with Crippen molar-refractivity contribution in [1.29, 1.82) is 5.26 Å². The topological polar surface area (TPSA) is 52.9 Å². The Balaban J connectivity index is 2.28. The molecule has 1 N–H and O–H groups in total. The largest absolute Gasteiger partial charge is 0.321 e. The molecule has 3 nitrogen and oxygen atoms in total. The zero-order valence-electron chi connectivity index (χ0n) is 9.31. The third kappa shape index (κ3) is 1.53. The van der Waals surface area contributed by atoms with Crippen LogP contribution in [0.4, 0.5) is 5.69 Å². The zero-order chi connectivity index (χ0) is 12.5. The van der Waals surface area contributed by atoms with E-state index in [0.29, 0.717) is 11.1 Å². The number of nitriles is 1. The lowest BCUT2D eigenvalue weighted by Crippen LogP contribution is -2.05. The summed E-state index contributed by atoms with van der Waals surface area (Å²) in [6.07, 6.45) is 0. The number of fused-ring (bicyclic) bond motifs is 1. The monoisotopic (exact) mass is 252 g/mol. The number of hydrogen-bond donors (Lipinski definition) is 1. The van der Waals surface area contributed by atoms with Gasteiger partial charge in [0.1, 0.15) is 6.07 Å². The normalized spacial score (nSPS) is 15.8. The van der Waals surface area contributed by atoms with Crippen molar-refractivity contribution in [2.45, 2.75) is 0 Å². The van der Waals surface area contributed by atoms with Gasteiger partial charge in [-0.05, 0) is 22.9 Å². The first-order valence-corrected chi connectivity index (χ1v) is 6.33. The van der Waals surface area contributed by atoms with Crippen LogP contribution in [0.3, 0.4) is 0 Å². The van der Waals surface area contributed by atoms with E-state index in [1.807, 2.05) is 41.1 Å². The highest BCUT2D eigenvalue weighted by Gasteiger charge is 2.27. The van der Waals surface area contributed by atoms with E-state index in [1.54, 1.807) is 0 Å². The van der Waals surface area contributed by atoms with E-state index in [-0.39, 0.29) is 5.91 Å². The third-order valence-corrected chi connectivity index (χ3v) is 3.53. The lowest BCUT2D eigenvalue weighted by Gasteiger charge is -2.00. The predicted octanol–water partition coefficient (Wildman–Crippen LogP) is 3.13. The molecule has 3 rings (SSSR count). The highest BCUT2D eigenvalue weighted by molar-refractivity contribution is 7.08. The molecule has 1 aromatic heterocycles. The van der Waals surface area contributed by atoms with Crippen molar-refractivity contribution in [3.8, 4) is 6.07 Å². The van der Waals surface area contributed by atoms with Gasteiger partial charge in [0.2, 0.25) is 0 Å². The predicted molar refractivity (Wildman–Crippen MR) is 71.8 cm³/mol. The molecule has 1 aliphatic rings. The molecule has 0 atom stereocenters. The number of benzene rings is 1. The van der Waals surface area contributed by atoms with Gasteiger partial charge in [-0.15, -0.1) is 0 Å². The molecular weight excluding hydrogens is 244 g/mol. The molecule has 0 radical (unpaired) electrons. The molecule has 18 heavy (non-hydrogen) atoms. The average Bonchev–Trinajstić information content (AvgIpc) is 2.99. The van der Waals surface area contributed by atoms with Gasteiger partial charge in [-0.2, -0.15) is 16.6 Å². The van der Waals surface area contributed by atoms with Gasteiger partial charge >= 0.3 is 0 Å². The number of hydrogen-bond acceptors (Lipinski definition) is 3. The van der Waals surface area contributed by atoms with Crippen LogP contribution in [0.1, 0.15) is 11.1 Å². The van der Waals surface area contributed by atoms with Gasteiger partial charge < -0.3 is 5.32 Å². The van der Waals surface area contributed by atoms with Crippen LogP contribution >= 0.6 is 11.3 Å². The van der Waals surface area contributed by atoms with Crippen LogP contribution in [-0.2, 0) is 4.79 Å². The Kier molecular flexibility index (Phi) is 2.47. The number of para-hydroxylation sites is 1. The van der Waals surface area contributed by atoms with E-state index in [1.165, 1.54) is 11.3 Å². The van der Waals surface area contributed by atoms with Crippen LogP contribution in [0.25, 0.3) is 11.1 Å². The fourth-order valence-corrected chi connectivity index (χ4v) is 2.68. The highest BCUT2D eigenvalue weighted by Crippen LogP contribution is 2.36. The van der Waals surface area contributed by atoms with Crippen molar-refractivity contribution in [1.82, 2.24) is 0 Å². The number of carbonyl (C=O) groups excluding carboxylic acids is 1. The van der Waals surface area contributed by atoms with Gasteiger partial charge in [0.15, 0.2) is 0 Å². The fourth-order valence-electron chi connectivity index (χ4n) is 2.04. The van der Waals surface area contributed by atoms with Crippen LogP contribution in [0.5, 0.6) is 0 Å². The summed E-state index contributed by atoms with van der Waals surface area (Å²) in [7, 11) is 0. The molecule has 0 bridgehead atoms. The Hall–Kier alpha value is -2.38. The second-order valence-electron chi connectivity index (χ2n) is 3.87. The Labute approximate surface area is 108 Å². The quantitative estimate of drug-likeness (QED) is 0.626. The smallest absolute Gasteiger partial charge is 0.257 e. The van der Waals surface area contributed by atoms with Crippen LogP contribution < -0.4 is 5.32 Å². The van der Waals surface area contributed by atoms with E-state index < -0.39 is 0 Å². The van der Waals surface area contributed by atoms with Crippen molar-refractivity contribution in [3.63, 3.8) is 0 Å². The van der Waals surface area contributed by atoms with Gasteiger partial charge in [-0.25, -0.2) is 0 Å². The minimum atomic E-state index is -0.209. The van der Waals surface area contributed by atoms with E-state index in [9.17, 15) is 10.1 Å². The molecule has 1 aromatic carbocycles. The maximum Gasteiger partial charge on any atom is 0.257 e. The maximum absolute atomic E-state index is 12.0. The van der Waals surface area contributed by atoms with E-state index in [2.05, 4.69) is 11.4 Å². The maximum atomic E-state index is 12.0. The number of thiophene rings is 1. The average molecular weight is 252 g/mol. The molecule has 1 amide bonds. The number of allylic oxidation sites excluding steroid dienone is 1. The van der Waals surface area contributed by atoms with E-state index >= 15 is 0 Å². The Morgan fingerprint density at radius 2 is 2.11 bits per heavy atom. The standard InChI is InChI=1S/C14H8N2OS/c15-7-11(9-5-6-18-8-9)13-10-3-1-2-4-12(10)16-14(13)17/h1-6,8H,(H,16,17)/b13-11+. The summed E-state index contributed by atoms with van der Waals surface area (Å²) >= 11 is 1.51. The number of rotatable bonds is 1. The van der Waals surface area contributed by atoms with Crippen molar-refractivity contribution in [2.24, 2.45) is 0 Å². The molecule has 0 aliphatic carbocycles. The van der Waals surface area contributed by atoms with Crippen molar-refractivity contribution < 1.29 is 4.79 Å². The molecule has 0 saturated heterocycles. The molecule has 0 saturated carbocycles. The number of nitrogens with one attached hydrogen (secondary N) is 1. The van der Waals surface area contributed by atoms with Crippen molar-refractivity contribution >= 4 is 34.1 Å². The zero-order valence-corrected chi connectivity index (χ0v) is 10.1. The Morgan fingerprint density at radius 3 is 2.83 bits per heavy atom. The highest BCUT2D eigenvalue weighted by atomic mass is 32.1. The summed E-state index contributed by atoms with van der Waals surface area (Å²) in [6, 6.07) is 11.4. The molecular formula is C14H8N2OS. The first-order valence-electron chi connectivity index (χ1n) is 5.39. The first kappa shape index (κ1) is 10.8. The lowest BCUT2D eigenvalue weighted by atomic mass is 9.98. The van der Waals surface area contributed by atoms with E-state index in [4.69, 9.17) is 0 Å². The summed E-state index contributed by atoms with van der Waals surface area (Å²) in [6.45, 7) is 0. The van der Waals surface area contributed by atoms with Crippen molar-refractivity contribution in [3.05, 3.63) is 52.2 Å². The number of anilines is 1. The van der Waals surface area contributed by atoms with Gasteiger partial charge in [-0.1, -0.05) is 18.2 Å². The fraction of sp³-hybridized carbons (Fsp3) is 0. The van der Waals surface area contributed by atoms with Gasteiger partial charge in [0.05, 0.1) is 11.1 Å². The summed E-state index contributed by atoms with van der Waals surface area (Å²) in [5.41, 5.74) is 3.25. The van der Waals surface area contributed by atoms with Gasteiger partial charge in [-0.3, -0.25) is 4.79 Å². The molecule has 4 heteroatoms. The van der Waals surface area contributed by atoms with Crippen LogP contribution in [0, 0.1) is 11.3 Å². The van der Waals surface area contributed by atoms with Crippen molar-refractivity contribution in [2.75, 3.05) is 5.32 Å². The molecule has 86 valence electrons. The molecule has 0 fully saturated rings. The molecule has 2 aromatic rings. The minimum absolute atomic E-state index is 0.209. The molecule has 2 heterocycles. The number of amides is 1. The van der Waals surface area contributed by atoms with Gasteiger partial charge in [0.25, 0.3) is 5.91 Å². The molecule has 1 aliphatic heterocycles. The summed E-state index contributed by atoms with van der Waals surface area (Å²) in [4.78, 5) is 12.0. The van der Waals surface area contributed by atoms with E-state index in [0.717, 1.165) is 16.8 Å². The van der Waals surface area contributed by atoms with Crippen LogP contribution in [-0.4, -0.2) is 5.91 Å². The molecule has 0 spiro atoms. The second kappa shape index (κ2) is 4.13. The van der Waals surface area contributed by atoms with Crippen LogP contribution in [0.15, 0.2) is 41.1 Å². The first-order chi connectivity index (χ1) is 8.81. The molecule has 0 unspecified atom stereocenters. The summed E-state index contributed by atoms with van der Waals surface area (Å²) < 4.78 is 0. The van der Waals surface area contributed by atoms with Gasteiger partial charge in [0, 0.05) is 16.8 Å². The summed E-state index contributed by atoms with van der Waals surface area (Å²) in [5.74, 6) is -0.209.